The number of methoxy groups -OCH3 is 3. The van der Waals surface area contributed by atoms with Gasteiger partial charge in [0.05, 0.1) is 63.9 Å². The number of carbonyl (C=O) groups excluding carboxylic acids is 5. The van der Waals surface area contributed by atoms with Crippen LogP contribution in [0, 0.1) is 11.3 Å². The molecule has 0 aromatic heterocycles. The molecule has 1 unspecified atom stereocenters. The van der Waals surface area contributed by atoms with E-state index >= 15 is 0 Å². The molecule has 0 bridgehead atoms. The predicted octanol–water partition coefficient (Wildman–Crippen LogP) is 7.98. The molecule has 4 aliphatic heterocycles. The number of anilines is 1. The fraction of sp³-hybridized carbons (Fsp3) is 0.417. The van der Waals surface area contributed by atoms with Gasteiger partial charge in [-0.25, -0.2) is 9.69 Å². The summed E-state index contributed by atoms with van der Waals surface area (Å²) in [5.74, 6) is 1.21. The molecule has 2 fully saturated rings. The van der Waals surface area contributed by atoms with Crippen LogP contribution in [-0.2, 0) is 33.8 Å². The zero-order valence-corrected chi connectivity index (χ0v) is 44.5. The van der Waals surface area contributed by atoms with E-state index in [-0.39, 0.29) is 89.9 Å². The standard InChI is InChI=1S/C60H67N5O12/c1-34(2)54(61)55(67)62-35(3)49(66)22-36-8-10-37(11-9-36)32-77-59(71)65-47-29-53(51(74-6)28-46(47)57(69)64-33-60(18-19-60)30-48(64)58(65)70)76-21-7-20-75-52-26-41-14-16-43-24-42(31-63(43)56(68)45(41)27-50(52)73-5)39-12-13-40-25-44(72-4)17-15-38(40)23-39/h8-13,15,17,23,25-29,31,34-35,43,48,54,58,70H,7,14,16,18-22,24,30,32-33,61H2,1-6H3,(H,62,67)/t35-,43+,48-,54-,58?/m0/s1. The van der Waals surface area contributed by atoms with Gasteiger partial charge >= 0.3 is 6.09 Å². The maximum atomic E-state index is 14.4. The number of fused-ring (bicyclic) bond motifs is 5. The average Bonchev–Trinajstić information content (AvgIpc) is 4.13. The SMILES string of the molecule is COc1ccc2cc(C3=CN4C(=O)c5cc(OC)c(OCCCOc6cc7c(cc6OC)C(=O)N6CC8(CC8)C[C@H]6C(O)N7C(=O)OCc6ccc(CC(=O)[C@H](C)NC(=O)[C@@H](N)C(C)C)cc6)cc5CC[C@@H]4C3)ccc2c1. The Balaban J connectivity index is 0.795. The molecule has 4 N–H and O–H groups in total. The van der Waals surface area contributed by atoms with Crippen molar-refractivity contribution in [2.45, 2.75) is 109 Å². The number of nitrogens with one attached hydrogen (secondary N) is 1. The molecule has 77 heavy (non-hydrogen) atoms. The molecule has 17 nitrogen and oxygen atoms in total. The second-order valence-corrected chi connectivity index (χ2v) is 21.4. The molecule has 4 heterocycles. The fourth-order valence-corrected chi connectivity index (χ4v) is 11.1. The molecular weight excluding hydrogens is 983 g/mol. The van der Waals surface area contributed by atoms with E-state index in [0.29, 0.717) is 54.0 Å². The van der Waals surface area contributed by atoms with Crippen molar-refractivity contribution in [1.82, 2.24) is 15.1 Å². The van der Waals surface area contributed by atoms with Crippen molar-refractivity contribution >= 4 is 51.6 Å². The predicted molar refractivity (Wildman–Crippen MR) is 288 cm³/mol. The van der Waals surface area contributed by atoms with E-state index in [1.165, 1.54) is 13.2 Å². The van der Waals surface area contributed by atoms with Gasteiger partial charge in [-0.1, -0.05) is 56.3 Å². The maximum absolute atomic E-state index is 14.4. The summed E-state index contributed by atoms with van der Waals surface area (Å²) in [5.41, 5.74) is 11.2. The Morgan fingerprint density at radius 2 is 1.47 bits per heavy atom. The third kappa shape index (κ3) is 10.8. The molecule has 404 valence electrons. The Hall–Kier alpha value is -7.63. The van der Waals surface area contributed by atoms with Crippen molar-refractivity contribution in [2.75, 3.05) is 46.0 Å². The topological polar surface area (TPSA) is 209 Å². The van der Waals surface area contributed by atoms with Gasteiger partial charge < -0.3 is 54.4 Å². The molecular formula is C60H67N5O12. The number of hydrogen-bond donors (Lipinski definition) is 3. The van der Waals surface area contributed by atoms with Crippen LogP contribution in [0.4, 0.5) is 10.5 Å². The lowest BCUT2D eigenvalue weighted by Gasteiger charge is -2.31. The summed E-state index contributed by atoms with van der Waals surface area (Å²) in [6.45, 7) is 5.98. The highest BCUT2D eigenvalue weighted by molar-refractivity contribution is 6.06. The normalized spacial score (nSPS) is 19.8. The van der Waals surface area contributed by atoms with E-state index in [9.17, 15) is 29.1 Å². The molecule has 1 saturated heterocycles. The first-order chi connectivity index (χ1) is 37.1. The summed E-state index contributed by atoms with van der Waals surface area (Å²) in [4.78, 5) is 72.9. The molecule has 10 rings (SSSR count). The minimum atomic E-state index is -1.42. The average molecular weight is 1050 g/mol. The second-order valence-electron chi connectivity index (χ2n) is 21.4. The van der Waals surface area contributed by atoms with Crippen LogP contribution in [0.2, 0.25) is 0 Å². The molecule has 0 radical (unpaired) electrons. The van der Waals surface area contributed by atoms with Gasteiger partial charge in [-0.2, -0.15) is 0 Å². The number of ether oxygens (including phenoxy) is 6. The highest BCUT2D eigenvalue weighted by Crippen LogP contribution is 2.57. The molecule has 1 aliphatic carbocycles. The number of hydrogen-bond acceptors (Lipinski definition) is 13. The molecule has 5 aromatic rings. The van der Waals surface area contributed by atoms with E-state index < -0.39 is 30.4 Å². The number of Topliss-reactive ketones (excluding diaryl/α,β-unsaturated/α-hetero) is 1. The first kappa shape index (κ1) is 52.8. The van der Waals surface area contributed by atoms with Gasteiger partial charge in [0, 0.05) is 43.3 Å². The van der Waals surface area contributed by atoms with Crippen LogP contribution >= 0.6 is 0 Å². The van der Waals surface area contributed by atoms with Gasteiger partial charge in [0.15, 0.2) is 35.0 Å². The number of aliphatic hydroxyl groups excluding tert-OH is 1. The number of amides is 4. The minimum absolute atomic E-state index is 0.0167. The van der Waals surface area contributed by atoms with Crippen LogP contribution in [0.3, 0.4) is 0 Å². The van der Waals surface area contributed by atoms with Gasteiger partial charge in [0.25, 0.3) is 11.8 Å². The zero-order chi connectivity index (χ0) is 54.3. The van der Waals surface area contributed by atoms with E-state index in [4.69, 9.17) is 34.2 Å². The number of nitrogens with zero attached hydrogens (tertiary/aromatic N) is 3. The number of benzene rings is 5. The lowest BCUT2D eigenvalue weighted by atomic mass is 9.96. The molecule has 4 amide bonds. The smallest absolute Gasteiger partial charge is 0.416 e. The fourth-order valence-electron chi connectivity index (χ4n) is 11.1. The van der Waals surface area contributed by atoms with Crippen molar-refractivity contribution in [3.63, 3.8) is 0 Å². The summed E-state index contributed by atoms with van der Waals surface area (Å²) in [7, 11) is 4.68. The van der Waals surface area contributed by atoms with Gasteiger partial charge in [-0.05, 0) is 132 Å². The van der Waals surface area contributed by atoms with Gasteiger partial charge in [-0.15, -0.1) is 0 Å². The molecule has 17 heteroatoms. The Labute approximate surface area is 448 Å². The van der Waals surface area contributed by atoms with Crippen LogP contribution in [0.5, 0.6) is 28.7 Å². The Kier molecular flexibility index (Phi) is 14.9. The quantitative estimate of drug-likeness (QED) is 0.0712. The monoisotopic (exact) mass is 1050 g/mol. The highest BCUT2D eigenvalue weighted by atomic mass is 16.6. The molecule has 5 aromatic carbocycles. The Bertz CT molecular complexity index is 3150. The van der Waals surface area contributed by atoms with Gasteiger partial charge in [0.1, 0.15) is 12.4 Å². The number of nitrogens with two attached hydrogens (primary N) is 1. The maximum Gasteiger partial charge on any atom is 0.416 e. The lowest BCUT2D eigenvalue weighted by Crippen LogP contribution is -2.50. The van der Waals surface area contributed by atoms with Gasteiger partial charge in [0.2, 0.25) is 5.91 Å². The van der Waals surface area contributed by atoms with Crippen LogP contribution in [0.1, 0.15) is 102 Å². The van der Waals surface area contributed by atoms with Crippen molar-refractivity contribution in [3.05, 3.63) is 125 Å². The van der Waals surface area contributed by atoms with E-state index in [1.54, 1.807) is 62.4 Å². The minimum Gasteiger partial charge on any atom is -0.497 e. The van der Waals surface area contributed by atoms with Crippen LogP contribution in [0.25, 0.3) is 16.3 Å². The zero-order valence-electron chi connectivity index (χ0n) is 44.5. The van der Waals surface area contributed by atoms with Crippen molar-refractivity contribution in [1.29, 1.82) is 0 Å². The summed E-state index contributed by atoms with van der Waals surface area (Å²) in [6, 6.07) is 24.0. The summed E-state index contributed by atoms with van der Waals surface area (Å²) in [5, 5.41) is 17.0. The Morgan fingerprint density at radius 1 is 0.792 bits per heavy atom. The third-order valence-corrected chi connectivity index (χ3v) is 15.9. The first-order valence-electron chi connectivity index (χ1n) is 26.5. The third-order valence-electron chi connectivity index (χ3n) is 15.9. The largest absolute Gasteiger partial charge is 0.497 e. The van der Waals surface area contributed by atoms with Crippen LogP contribution in [-0.4, -0.2) is 116 Å². The molecule has 5 atom stereocenters. The van der Waals surface area contributed by atoms with Crippen molar-refractivity contribution in [3.8, 4) is 28.7 Å². The number of ketones is 1. The van der Waals surface area contributed by atoms with E-state index in [0.717, 1.165) is 63.8 Å². The van der Waals surface area contributed by atoms with Gasteiger partial charge in [-0.3, -0.25) is 19.2 Å². The van der Waals surface area contributed by atoms with Crippen LogP contribution in [0.15, 0.2) is 91.1 Å². The number of aryl methyl sites for hydroxylation is 1. The van der Waals surface area contributed by atoms with Crippen LogP contribution < -0.4 is 39.6 Å². The second kappa shape index (κ2) is 21.8. The molecule has 1 spiro atoms. The molecule has 1 saturated carbocycles. The summed E-state index contributed by atoms with van der Waals surface area (Å²) >= 11 is 0. The lowest BCUT2D eigenvalue weighted by molar-refractivity contribution is -0.128. The van der Waals surface area contributed by atoms with E-state index in [2.05, 4.69) is 23.5 Å². The first-order valence-corrected chi connectivity index (χ1v) is 26.5. The number of rotatable bonds is 18. The number of aliphatic hydroxyl groups is 1. The highest BCUT2D eigenvalue weighted by Gasteiger charge is 2.58. The summed E-state index contributed by atoms with van der Waals surface area (Å²) < 4.78 is 35.4. The summed E-state index contributed by atoms with van der Waals surface area (Å²) in [6.07, 6.45) is 4.79. The molecule has 5 aliphatic rings. The van der Waals surface area contributed by atoms with E-state index in [1.807, 2.05) is 49.2 Å². The number of carbonyl (C=O) groups is 5. The van der Waals surface area contributed by atoms with Crippen molar-refractivity contribution in [2.24, 2.45) is 17.1 Å². The van der Waals surface area contributed by atoms with Crippen molar-refractivity contribution < 1.29 is 57.5 Å². The Morgan fingerprint density at radius 3 is 2.16 bits per heavy atom.